The number of nitrogens with one attached hydrogen (secondary N) is 2. The third-order valence-corrected chi connectivity index (χ3v) is 5.29. The smallest absolute Gasteiger partial charge is 0.227 e. The minimum absolute atomic E-state index is 0.0176. The van der Waals surface area contributed by atoms with Crippen LogP contribution >= 0.6 is 0 Å². The number of carbonyl (C=O) groups excluding carboxylic acids is 2. The van der Waals surface area contributed by atoms with Crippen LogP contribution in [0.5, 0.6) is 0 Å². The van der Waals surface area contributed by atoms with E-state index in [0.29, 0.717) is 0 Å². The lowest BCUT2D eigenvalue weighted by atomic mass is 9.81. The molecule has 0 aromatic heterocycles. The van der Waals surface area contributed by atoms with E-state index in [1.807, 2.05) is 19.1 Å². The van der Waals surface area contributed by atoms with Crippen LogP contribution in [0.2, 0.25) is 0 Å². The fraction of sp³-hybridized carbons (Fsp3) is 0.619. The maximum Gasteiger partial charge on any atom is 0.227 e. The number of hydrogen-bond donors (Lipinski definition) is 2. The van der Waals surface area contributed by atoms with Crippen molar-refractivity contribution >= 4 is 17.5 Å². The van der Waals surface area contributed by atoms with Gasteiger partial charge in [0.15, 0.2) is 0 Å². The molecule has 1 aromatic carbocycles. The predicted octanol–water partition coefficient (Wildman–Crippen LogP) is 4.22. The third-order valence-electron chi connectivity index (χ3n) is 5.29. The summed E-state index contributed by atoms with van der Waals surface area (Å²) in [7, 11) is 0. The number of anilines is 1. The molecule has 2 N–H and O–H groups in total. The lowest BCUT2D eigenvalue weighted by Gasteiger charge is -2.27. The number of amides is 2. The van der Waals surface area contributed by atoms with Crippen molar-refractivity contribution in [2.24, 2.45) is 11.8 Å². The molecule has 0 spiro atoms. The minimum atomic E-state index is 0.0176. The number of hydrogen-bond acceptors (Lipinski definition) is 2. The first-order chi connectivity index (χ1) is 12.1. The number of unbranched alkanes of at least 4 members (excludes halogenated alkanes) is 1. The van der Waals surface area contributed by atoms with E-state index < -0.39 is 0 Å². The zero-order valence-corrected chi connectivity index (χ0v) is 15.9. The molecular formula is C21H32N2O2. The van der Waals surface area contributed by atoms with Crippen LogP contribution in [-0.4, -0.2) is 18.4 Å². The summed E-state index contributed by atoms with van der Waals surface area (Å²) in [5, 5.41) is 6.17. The molecule has 1 aromatic rings. The van der Waals surface area contributed by atoms with E-state index in [2.05, 4.69) is 30.5 Å². The molecule has 0 aliphatic heterocycles. The molecule has 0 saturated heterocycles. The molecule has 1 aliphatic rings. The van der Waals surface area contributed by atoms with Gasteiger partial charge in [-0.15, -0.1) is 0 Å². The Morgan fingerprint density at radius 1 is 1.04 bits per heavy atom. The zero-order valence-electron chi connectivity index (χ0n) is 15.9. The van der Waals surface area contributed by atoms with Gasteiger partial charge in [0, 0.05) is 24.1 Å². The van der Waals surface area contributed by atoms with Crippen LogP contribution in [0.3, 0.4) is 0 Å². The topological polar surface area (TPSA) is 58.2 Å². The molecule has 25 heavy (non-hydrogen) atoms. The van der Waals surface area contributed by atoms with Gasteiger partial charge >= 0.3 is 0 Å². The molecule has 4 nitrogen and oxygen atoms in total. The Morgan fingerprint density at radius 2 is 1.68 bits per heavy atom. The number of aryl methyl sites for hydroxylation is 2. The lowest BCUT2D eigenvalue weighted by molar-refractivity contribution is -0.128. The van der Waals surface area contributed by atoms with Gasteiger partial charge in [0.05, 0.1) is 0 Å². The fourth-order valence-electron chi connectivity index (χ4n) is 3.58. The zero-order chi connectivity index (χ0) is 18.2. The van der Waals surface area contributed by atoms with E-state index in [-0.39, 0.29) is 23.7 Å². The molecule has 0 radical (unpaired) electrons. The van der Waals surface area contributed by atoms with Gasteiger partial charge in [-0.1, -0.05) is 38.5 Å². The standard InChI is InChI=1S/C21H32N2O2/c1-4-6-14-22-20(24)17-10-12-18(13-11-17)21(25)23-19-15(3)8-7-9-16(19)5-2/h7-9,17-18H,4-6,10-14H2,1-3H3,(H,22,24)(H,23,25). The van der Waals surface area contributed by atoms with Crippen molar-refractivity contribution in [3.05, 3.63) is 29.3 Å². The molecule has 0 atom stereocenters. The second kappa shape index (κ2) is 9.59. The molecule has 2 rings (SSSR count). The quantitative estimate of drug-likeness (QED) is 0.728. The second-order valence-electron chi connectivity index (χ2n) is 7.14. The summed E-state index contributed by atoms with van der Waals surface area (Å²) in [5.74, 6) is 0.364. The Morgan fingerprint density at radius 3 is 2.28 bits per heavy atom. The van der Waals surface area contributed by atoms with Crippen molar-refractivity contribution in [1.29, 1.82) is 0 Å². The highest BCUT2D eigenvalue weighted by atomic mass is 16.2. The van der Waals surface area contributed by atoms with Gasteiger partial charge < -0.3 is 10.6 Å². The summed E-state index contributed by atoms with van der Waals surface area (Å²) in [6.07, 6.45) is 6.23. The highest BCUT2D eigenvalue weighted by molar-refractivity contribution is 5.94. The monoisotopic (exact) mass is 344 g/mol. The molecule has 0 bridgehead atoms. The predicted molar refractivity (Wildman–Crippen MR) is 103 cm³/mol. The summed E-state index contributed by atoms with van der Waals surface area (Å²) < 4.78 is 0. The molecular weight excluding hydrogens is 312 g/mol. The maximum atomic E-state index is 12.7. The Balaban J connectivity index is 1.86. The first-order valence-electron chi connectivity index (χ1n) is 9.73. The fourth-order valence-corrected chi connectivity index (χ4v) is 3.58. The van der Waals surface area contributed by atoms with Crippen molar-refractivity contribution < 1.29 is 9.59 Å². The van der Waals surface area contributed by atoms with Crippen molar-refractivity contribution in [1.82, 2.24) is 5.32 Å². The molecule has 2 amide bonds. The van der Waals surface area contributed by atoms with E-state index in [0.717, 1.165) is 62.7 Å². The first-order valence-corrected chi connectivity index (χ1v) is 9.73. The molecule has 1 aliphatic carbocycles. The number of benzene rings is 1. The summed E-state index contributed by atoms with van der Waals surface area (Å²) in [5.41, 5.74) is 3.25. The van der Waals surface area contributed by atoms with E-state index in [9.17, 15) is 9.59 Å². The molecule has 1 saturated carbocycles. The summed E-state index contributed by atoms with van der Waals surface area (Å²) in [6, 6.07) is 6.14. The van der Waals surface area contributed by atoms with Crippen molar-refractivity contribution in [3.63, 3.8) is 0 Å². The van der Waals surface area contributed by atoms with E-state index in [1.54, 1.807) is 0 Å². The van der Waals surface area contributed by atoms with Crippen molar-refractivity contribution in [2.45, 2.75) is 65.7 Å². The van der Waals surface area contributed by atoms with Crippen molar-refractivity contribution in [2.75, 3.05) is 11.9 Å². The number of rotatable bonds is 7. The minimum Gasteiger partial charge on any atom is -0.356 e. The SMILES string of the molecule is CCCCNC(=O)C1CCC(C(=O)Nc2c(C)cccc2CC)CC1. The van der Waals surface area contributed by atoms with E-state index >= 15 is 0 Å². The van der Waals surface area contributed by atoms with Gasteiger partial charge in [0.1, 0.15) is 0 Å². The molecule has 0 heterocycles. The van der Waals surface area contributed by atoms with Crippen LogP contribution < -0.4 is 10.6 Å². The van der Waals surface area contributed by atoms with E-state index in [1.165, 1.54) is 5.56 Å². The van der Waals surface area contributed by atoms with Gasteiger partial charge in [-0.2, -0.15) is 0 Å². The Bertz CT molecular complexity index is 590. The average Bonchev–Trinajstić information content (AvgIpc) is 2.63. The summed E-state index contributed by atoms with van der Waals surface area (Å²) >= 11 is 0. The van der Waals surface area contributed by atoms with Gasteiger partial charge in [-0.25, -0.2) is 0 Å². The van der Waals surface area contributed by atoms with Gasteiger partial charge in [-0.05, 0) is 56.6 Å². The molecule has 1 fully saturated rings. The van der Waals surface area contributed by atoms with Crippen LogP contribution in [-0.2, 0) is 16.0 Å². The Kier molecular flexibility index (Phi) is 7.48. The highest BCUT2D eigenvalue weighted by Gasteiger charge is 2.30. The Hall–Kier alpha value is -1.84. The van der Waals surface area contributed by atoms with Crippen LogP contribution in [0.15, 0.2) is 18.2 Å². The number of carbonyl (C=O) groups is 2. The molecule has 138 valence electrons. The molecule has 4 heteroatoms. The average molecular weight is 344 g/mol. The number of para-hydroxylation sites is 1. The summed E-state index contributed by atoms with van der Waals surface area (Å²) in [4.78, 5) is 24.8. The van der Waals surface area contributed by atoms with Crippen LogP contribution in [0, 0.1) is 18.8 Å². The normalized spacial score (nSPS) is 20.1. The van der Waals surface area contributed by atoms with Gasteiger partial charge in [0.2, 0.25) is 11.8 Å². The van der Waals surface area contributed by atoms with Gasteiger partial charge in [0.25, 0.3) is 0 Å². The lowest BCUT2D eigenvalue weighted by Crippen LogP contribution is -2.36. The largest absolute Gasteiger partial charge is 0.356 e. The van der Waals surface area contributed by atoms with Crippen molar-refractivity contribution in [3.8, 4) is 0 Å². The first kappa shape index (κ1) is 19.5. The van der Waals surface area contributed by atoms with Crippen LogP contribution in [0.1, 0.15) is 63.5 Å². The highest BCUT2D eigenvalue weighted by Crippen LogP contribution is 2.31. The molecule has 0 unspecified atom stereocenters. The van der Waals surface area contributed by atoms with Gasteiger partial charge in [-0.3, -0.25) is 9.59 Å². The Labute approximate surface area is 151 Å². The summed E-state index contributed by atoms with van der Waals surface area (Å²) in [6.45, 7) is 7.02. The third kappa shape index (κ3) is 5.32. The maximum absolute atomic E-state index is 12.7. The van der Waals surface area contributed by atoms with Crippen LogP contribution in [0.25, 0.3) is 0 Å². The van der Waals surface area contributed by atoms with E-state index in [4.69, 9.17) is 0 Å². The second-order valence-corrected chi connectivity index (χ2v) is 7.14. The van der Waals surface area contributed by atoms with Crippen LogP contribution in [0.4, 0.5) is 5.69 Å².